The van der Waals surface area contributed by atoms with Crippen molar-refractivity contribution in [1.82, 2.24) is 15.1 Å². The third-order valence-corrected chi connectivity index (χ3v) is 5.73. The highest BCUT2D eigenvalue weighted by Gasteiger charge is 2.28. The third-order valence-electron chi connectivity index (χ3n) is 5.50. The SMILES string of the molecule is Cc1ccc(Cl)cc1Oc1ccccc1CN(C)C(=O)C1CCc2cn[nH]c2C1. The number of rotatable bonds is 5. The van der Waals surface area contributed by atoms with Crippen LogP contribution >= 0.6 is 11.6 Å². The van der Waals surface area contributed by atoms with E-state index in [-0.39, 0.29) is 11.8 Å². The molecule has 1 unspecified atom stereocenters. The molecular formula is C23H24ClN3O2. The number of para-hydroxylation sites is 1. The Labute approximate surface area is 175 Å². The van der Waals surface area contributed by atoms with E-state index in [0.717, 1.165) is 47.6 Å². The van der Waals surface area contributed by atoms with Crippen LogP contribution in [0.4, 0.5) is 0 Å². The molecule has 1 heterocycles. The molecule has 0 fully saturated rings. The van der Waals surface area contributed by atoms with Crippen LogP contribution in [-0.2, 0) is 24.2 Å². The van der Waals surface area contributed by atoms with Gasteiger partial charge in [0.25, 0.3) is 0 Å². The number of nitrogens with one attached hydrogen (secondary N) is 1. The van der Waals surface area contributed by atoms with Crippen molar-refractivity contribution in [2.24, 2.45) is 5.92 Å². The molecule has 1 N–H and O–H groups in total. The molecule has 1 aromatic heterocycles. The number of benzene rings is 2. The molecule has 5 nitrogen and oxygen atoms in total. The van der Waals surface area contributed by atoms with Gasteiger partial charge in [0.05, 0.1) is 6.20 Å². The lowest BCUT2D eigenvalue weighted by molar-refractivity contribution is -0.135. The Balaban J connectivity index is 1.48. The summed E-state index contributed by atoms with van der Waals surface area (Å²) in [4.78, 5) is 14.8. The zero-order valence-electron chi connectivity index (χ0n) is 16.6. The molecule has 3 aromatic rings. The van der Waals surface area contributed by atoms with Crippen LogP contribution in [0.2, 0.25) is 5.02 Å². The van der Waals surface area contributed by atoms with Crippen LogP contribution in [0.15, 0.2) is 48.7 Å². The van der Waals surface area contributed by atoms with Gasteiger partial charge in [-0.2, -0.15) is 5.10 Å². The fraction of sp³-hybridized carbons (Fsp3) is 0.304. The predicted molar refractivity (Wildman–Crippen MR) is 113 cm³/mol. The minimum atomic E-state index is -0.0174. The maximum absolute atomic E-state index is 13.0. The minimum absolute atomic E-state index is 0.0174. The molecule has 0 bridgehead atoms. The Morgan fingerprint density at radius 3 is 2.97 bits per heavy atom. The summed E-state index contributed by atoms with van der Waals surface area (Å²) in [6, 6.07) is 13.4. The number of nitrogens with zero attached hydrogens (tertiary/aromatic N) is 2. The molecule has 1 amide bonds. The second kappa shape index (κ2) is 8.29. The number of halogens is 1. The molecule has 1 aliphatic carbocycles. The summed E-state index contributed by atoms with van der Waals surface area (Å²) < 4.78 is 6.15. The first kappa shape index (κ1) is 19.5. The Morgan fingerprint density at radius 2 is 2.10 bits per heavy atom. The van der Waals surface area contributed by atoms with Crippen molar-refractivity contribution in [3.8, 4) is 11.5 Å². The average molecular weight is 410 g/mol. The Bertz CT molecular complexity index is 1030. The lowest BCUT2D eigenvalue weighted by atomic mass is 9.87. The number of aromatic amines is 1. The summed E-state index contributed by atoms with van der Waals surface area (Å²) in [6.45, 7) is 2.47. The first-order chi connectivity index (χ1) is 14.0. The summed E-state index contributed by atoms with van der Waals surface area (Å²) >= 11 is 6.12. The molecule has 0 saturated carbocycles. The Kier molecular flexibility index (Phi) is 5.58. The van der Waals surface area contributed by atoms with Crippen LogP contribution in [-0.4, -0.2) is 28.1 Å². The quantitative estimate of drug-likeness (QED) is 0.650. The number of hydrogen-bond acceptors (Lipinski definition) is 3. The van der Waals surface area contributed by atoms with Gasteiger partial charge in [0.15, 0.2) is 0 Å². The van der Waals surface area contributed by atoms with E-state index in [0.29, 0.717) is 11.6 Å². The topological polar surface area (TPSA) is 58.2 Å². The first-order valence-corrected chi connectivity index (χ1v) is 10.2. The van der Waals surface area contributed by atoms with Gasteiger partial charge in [0.1, 0.15) is 11.5 Å². The monoisotopic (exact) mass is 409 g/mol. The van der Waals surface area contributed by atoms with E-state index in [1.807, 2.05) is 62.6 Å². The van der Waals surface area contributed by atoms with Gasteiger partial charge in [0, 0.05) is 42.2 Å². The van der Waals surface area contributed by atoms with E-state index in [1.54, 1.807) is 4.90 Å². The Hall–Kier alpha value is -2.79. The van der Waals surface area contributed by atoms with Crippen LogP contribution in [0.1, 0.15) is 28.8 Å². The molecule has 0 saturated heterocycles. The first-order valence-electron chi connectivity index (χ1n) is 9.79. The van der Waals surface area contributed by atoms with Crippen molar-refractivity contribution in [2.45, 2.75) is 32.7 Å². The molecule has 0 spiro atoms. The summed E-state index contributed by atoms with van der Waals surface area (Å²) in [5.41, 5.74) is 4.28. The van der Waals surface area contributed by atoms with Crippen molar-refractivity contribution >= 4 is 17.5 Å². The summed E-state index contributed by atoms with van der Waals surface area (Å²) in [6.07, 6.45) is 4.34. The van der Waals surface area contributed by atoms with E-state index in [4.69, 9.17) is 16.3 Å². The number of amides is 1. The smallest absolute Gasteiger partial charge is 0.226 e. The van der Waals surface area contributed by atoms with Crippen molar-refractivity contribution in [2.75, 3.05) is 7.05 Å². The van der Waals surface area contributed by atoms with Crippen LogP contribution in [0.3, 0.4) is 0 Å². The molecule has 4 rings (SSSR count). The molecular weight excluding hydrogens is 386 g/mol. The van der Waals surface area contributed by atoms with Gasteiger partial charge in [-0.25, -0.2) is 0 Å². The van der Waals surface area contributed by atoms with E-state index in [2.05, 4.69) is 10.2 Å². The highest BCUT2D eigenvalue weighted by molar-refractivity contribution is 6.30. The lowest BCUT2D eigenvalue weighted by Crippen LogP contribution is -2.35. The number of hydrogen-bond donors (Lipinski definition) is 1. The number of carbonyl (C=O) groups is 1. The zero-order chi connectivity index (χ0) is 20.4. The number of ether oxygens (including phenoxy) is 1. The van der Waals surface area contributed by atoms with Crippen LogP contribution in [0, 0.1) is 12.8 Å². The zero-order valence-corrected chi connectivity index (χ0v) is 17.4. The van der Waals surface area contributed by atoms with E-state index in [1.165, 1.54) is 5.56 Å². The van der Waals surface area contributed by atoms with Crippen molar-refractivity contribution in [1.29, 1.82) is 0 Å². The van der Waals surface area contributed by atoms with Gasteiger partial charge in [-0.15, -0.1) is 0 Å². The van der Waals surface area contributed by atoms with Gasteiger partial charge in [-0.1, -0.05) is 35.9 Å². The Morgan fingerprint density at radius 1 is 1.28 bits per heavy atom. The van der Waals surface area contributed by atoms with Gasteiger partial charge in [-0.05, 0) is 49.1 Å². The molecule has 0 radical (unpaired) electrons. The minimum Gasteiger partial charge on any atom is -0.457 e. The maximum Gasteiger partial charge on any atom is 0.226 e. The highest BCUT2D eigenvalue weighted by Crippen LogP contribution is 2.31. The van der Waals surface area contributed by atoms with Gasteiger partial charge < -0.3 is 9.64 Å². The number of H-pyrrole nitrogens is 1. The largest absolute Gasteiger partial charge is 0.457 e. The molecule has 1 atom stereocenters. The summed E-state index contributed by atoms with van der Waals surface area (Å²) in [5.74, 6) is 1.59. The van der Waals surface area contributed by atoms with Crippen molar-refractivity contribution in [3.05, 3.63) is 76.1 Å². The second-order valence-electron chi connectivity index (χ2n) is 7.63. The number of fused-ring (bicyclic) bond motifs is 1. The predicted octanol–water partition coefficient (Wildman–Crippen LogP) is 4.93. The fourth-order valence-corrected chi connectivity index (χ4v) is 3.96. The van der Waals surface area contributed by atoms with E-state index < -0.39 is 0 Å². The van der Waals surface area contributed by atoms with Gasteiger partial charge in [-0.3, -0.25) is 9.89 Å². The van der Waals surface area contributed by atoms with Crippen LogP contribution in [0.5, 0.6) is 11.5 Å². The third kappa shape index (κ3) is 4.30. The normalized spacial score (nSPS) is 15.6. The van der Waals surface area contributed by atoms with Gasteiger partial charge in [0.2, 0.25) is 5.91 Å². The average Bonchev–Trinajstić information content (AvgIpc) is 3.19. The van der Waals surface area contributed by atoms with Crippen molar-refractivity contribution < 1.29 is 9.53 Å². The molecule has 1 aliphatic rings. The number of aryl methyl sites for hydroxylation is 2. The lowest BCUT2D eigenvalue weighted by Gasteiger charge is -2.27. The number of aromatic nitrogens is 2. The fourth-order valence-electron chi connectivity index (χ4n) is 3.80. The van der Waals surface area contributed by atoms with E-state index >= 15 is 0 Å². The molecule has 6 heteroatoms. The van der Waals surface area contributed by atoms with Crippen LogP contribution in [0.25, 0.3) is 0 Å². The standard InChI is InChI=1S/C23H24ClN3O2/c1-15-7-10-19(24)12-22(15)29-21-6-4-3-5-18(21)14-27(2)23(28)16-8-9-17-13-25-26-20(17)11-16/h3-7,10,12-13,16H,8-9,11,14H2,1-2H3,(H,25,26). The maximum atomic E-state index is 13.0. The van der Waals surface area contributed by atoms with Crippen molar-refractivity contribution in [3.63, 3.8) is 0 Å². The molecule has 150 valence electrons. The summed E-state index contributed by atoms with van der Waals surface area (Å²) in [7, 11) is 1.85. The van der Waals surface area contributed by atoms with E-state index in [9.17, 15) is 4.79 Å². The summed E-state index contributed by atoms with van der Waals surface area (Å²) in [5, 5.41) is 7.76. The second-order valence-corrected chi connectivity index (χ2v) is 8.06. The molecule has 0 aliphatic heterocycles. The number of carbonyl (C=O) groups excluding carboxylic acids is 1. The van der Waals surface area contributed by atoms with Crippen LogP contribution < -0.4 is 4.74 Å². The van der Waals surface area contributed by atoms with Gasteiger partial charge >= 0.3 is 0 Å². The molecule has 2 aromatic carbocycles. The highest BCUT2D eigenvalue weighted by atomic mass is 35.5. The molecule has 29 heavy (non-hydrogen) atoms.